The molecule has 0 aliphatic carbocycles. The molecule has 2 aliphatic heterocycles. The summed E-state index contributed by atoms with van der Waals surface area (Å²) in [6, 6.07) is 0.272. The van der Waals surface area contributed by atoms with Crippen molar-refractivity contribution in [3.05, 3.63) is 0 Å². The molecular weight excluding hydrogens is 284 g/mol. The number of amides is 4. The summed E-state index contributed by atoms with van der Waals surface area (Å²) in [4.78, 5) is 36.9. The van der Waals surface area contributed by atoms with Crippen LogP contribution in [0.1, 0.15) is 46.5 Å². The van der Waals surface area contributed by atoms with Gasteiger partial charge in [0, 0.05) is 25.0 Å². The van der Waals surface area contributed by atoms with Crippen LogP contribution < -0.4 is 16.0 Å². The van der Waals surface area contributed by atoms with Gasteiger partial charge in [-0.05, 0) is 46.6 Å². The Hall–Kier alpha value is -1.63. The van der Waals surface area contributed by atoms with Gasteiger partial charge in [-0.2, -0.15) is 0 Å². The highest BCUT2D eigenvalue weighted by atomic mass is 16.2. The summed E-state index contributed by atoms with van der Waals surface area (Å²) in [6.07, 6.45) is 2.70. The Labute approximate surface area is 131 Å². The quantitative estimate of drug-likeness (QED) is 0.639. The molecule has 2 unspecified atom stereocenters. The highest BCUT2D eigenvalue weighted by molar-refractivity contribution is 6.06. The number of urea groups is 1. The van der Waals surface area contributed by atoms with Gasteiger partial charge in [0.2, 0.25) is 5.91 Å². The molecule has 0 aromatic rings. The van der Waals surface area contributed by atoms with Crippen molar-refractivity contribution in [1.29, 1.82) is 0 Å². The monoisotopic (exact) mass is 310 g/mol. The number of rotatable bonds is 5. The summed E-state index contributed by atoms with van der Waals surface area (Å²) in [6.45, 7) is 6.67. The van der Waals surface area contributed by atoms with Gasteiger partial charge in [0.15, 0.2) is 0 Å². The standard InChI is InChI=1S/C15H26N4O3/c1-10-9-11(6-7-16-10)17-12(20)5-4-8-19-13(21)15(2,3)18-14(19)22/h10-11,16H,4-9H2,1-3H3,(H,17,20)(H,18,22). The number of hydrogen-bond acceptors (Lipinski definition) is 4. The Bertz CT molecular complexity index is 464. The summed E-state index contributed by atoms with van der Waals surface area (Å²) in [5.74, 6) is -0.240. The second-order valence-corrected chi connectivity index (χ2v) is 6.76. The fourth-order valence-corrected chi connectivity index (χ4v) is 2.98. The van der Waals surface area contributed by atoms with Crippen LogP contribution in [0.15, 0.2) is 0 Å². The van der Waals surface area contributed by atoms with Crippen LogP contribution in [0, 0.1) is 0 Å². The predicted molar refractivity (Wildman–Crippen MR) is 82.2 cm³/mol. The van der Waals surface area contributed by atoms with E-state index in [4.69, 9.17) is 0 Å². The zero-order valence-electron chi connectivity index (χ0n) is 13.6. The lowest BCUT2D eigenvalue weighted by atomic mass is 10.0. The fourth-order valence-electron chi connectivity index (χ4n) is 2.98. The van der Waals surface area contributed by atoms with Gasteiger partial charge >= 0.3 is 6.03 Å². The van der Waals surface area contributed by atoms with E-state index in [0.717, 1.165) is 19.4 Å². The minimum atomic E-state index is -0.843. The van der Waals surface area contributed by atoms with Crippen molar-refractivity contribution in [3.63, 3.8) is 0 Å². The first-order valence-electron chi connectivity index (χ1n) is 7.96. The molecule has 2 rings (SSSR count). The number of piperidine rings is 1. The zero-order chi connectivity index (χ0) is 16.3. The van der Waals surface area contributed by atoms with E-state index in [1.807, 2.05) is 0 Å². The lowest BCUT2D eigenvalue weighted by Crippen LogP contribution is -2.46. The number of carbonyl (C=O) groups is 3. The number of carbonyl (C=O) groups excluding carboxylic acids is 3. The predicted octanol–water partition coefficient (Wildman–Crippen LogP) is 0.354. The van der Waals surface area contributed by atoms with E-state index in [1.165, 1.54) is 4.90 Å². The molecule has 22 heavy (non-hydrogen) atoms. The minimum absolute atomic E-state index is 0.00888. The van der Waals surface area contributed by atoms with Crippen molar-refractivity contribution < 1.29 is 14.4 Å². The van der Waals surface area contributed by atoms with Crippen LogP contribution in [0.5, 0.6) is 0 Å². The first-order valence-corrected chi connectivity index (χ1v) is 7.96. The zero-order valence-corrected chi connectivity index (χ0v) is 13.6. The van der Waals surface area contributed by atoms with Gasteiger partial charge in [0.25, 0.3) is 5.91 Å². The molecule has 3 N–H and O–H groups in total. The molecule has 0 bridgehead atoms. The SMILES string of the molecule is CC1CC(NC(=O)CCCN2C(=O)NC(C)(C)C2=O)CCN1. The number of imide groups is 1. The average Bonchev–Trinajstić information content (AvgIpc) is 2.60. The van der Waals surface area contributed by atoms with Crippen LogP contribution >= 0.6 is 0 Å². The van der Waals surface area contributed by atoms with Gasteiger partial charge in [0.1, 0.15) is 5.54 Å². The molecule has 7 heteroatoms. The highest BCUT2D eigenvalue weighted by Crippen LogP contribution is 2.17. The van der Waals surface area contributed by atoms with Crippen molar-refractivity contribution in [1.82, 2.24) is 20.9 Å². The summed E-state index contributed by atoms with van der Waals surface area (Å²) >= 11 is 0. The molecule has 4 amide bonds. The Morgan fingerprint density at radius 2 is 2.14 bits per heavy atom. The largest absolute Gasteiger partial charge is 0.353 e. The smallest absolute Gasteiger partial charge is 0.325 e. The second kappa shape index (κ2) is 6.64. The minimum Gasteiger partial charge on any atom is -0.353 e. The summed E-state index contributed by atoms with van der Waals surface area (Å²) in [5.41, 5.74) is -0.843. The highest BCUT2D eigenvalue weighted by Gasteiger charge is 2.43. The van der Waals surface area contributed by atoms with Crippen LogP contribution in [0.2, 0.25) is 0 Å². The Morgan fingerprint density at radius 1 is 1.41 bits per heavy atom. The van der Waals surface area contributed by atoms with Crippen LogP contribution in [-0.4, -0.2) is 53.5 Å². The van der Waals surface area contributed by atoms with Crippen molar-refractivity contribution >= 4 is 17.8 Å². The van der Waals surface area contributed by atoms with Gasteiger partial charge in [0.05, 0.1) is 0 Å². The molecule has 0 spiro atoms. The van der Waals surface area contributed by atoms with E-state index >= 15 is 0 Å². The summed E-state index contributed by atoms with van der Waals surface area (Å²) in [7, 11) is 0. The molecule has 0 aromatic carbocycles. The maximum atomic E-state index is 12.0. The van der Waals surface area contributed by atoms with E-state index in [-0.39, 0.29) is 30.4 Å². The Morgan fingerprint density at radius 3 is 2.73 bits per heavy atom. The van der Waals surface area contributed by atoms with Crippen molar-refractivity contribution in [2.75, 3.05) is 13.1 Å². The lowest BCUT2D eigenvalue weighted by Gasteiger charge is -2.28. The number of hydrogen-bond donors (Lipinski definition) is 3. The number of nitrogens with zero attached hydrogens (tertiary/aromatic N) is 1. The molecular formula is C15H26N4O3. The van der Waals surface area contributed by atoms with E-state index in [0.29, 0.717) is 18.9 Å². The van der Waals surface area contributed by atoms with Crippen LogP contribution in [0.3, 0.4) is 0 Å². The molecule has 2 fully saturated rings. The van der Waals surface area contributed by atoms with Crippen LogP contribution in [0.25, 0.3) is 0 Å². The van der Waals surface area contributed by atoms with Gasteiger partial charge in [-0.25, -0.2) is 4.79 Å². The maximum absolute atomic E-state index is 12.0. The van der Waals surface area contributed by atoms with E-state index < -0.39 is 5.54 Å². The summed E-state index contributed by atoms with van der Waals surface area (Å²) in [5, 5.41) is 9.00. The van der Waals surface area contributed by atoms with E-state index in [2.05, 4.69) is 22.9 Å². The molecule has 2 heterocycles. The van der Waals surface area contributed by atoms with Crippen LogP contribution in [-0.2, 0) is 9.59 Å². The topological polar surface area (TPSA) is 90.5 Å². The molecule has 7 nitrogen and oxygen atoms in total. The van der Waals surface area contributed by atoms with Crippen molar-refractivity contribution in [2.45, 2.75) is 64.1 Å². The fraction of sp³-hybridized carbons (Fsp3) is 0.800. The molecule has 2 saturated heterocycles. The molecule has 0 saturated carbocycles. The van der Waals surface area contributed by atoms with Gasteiger partial charge in [-0.15, -0.1) is 0 Å². The maximum Gasteiger partial charge on any atom is 0.325 e. The molecule has 0 radical (unpaired) electrons. The van der Waals surface area contributed by atoms with Crippen molar-refractivity contribution in [3.8, 4) is 0 Å². The van der Waals surface area contributed by atoms with Gasteiger partial charge < -0.3 is 16.0 Å². The second-order valence-electron chi connectivity index (χ2n) is 6.76. The van der Waals surface area contributed by atoms with E-state index in [9.17, 15) is 14.4 Å². The molecule has 2 aliphatic rings. The third-order valence-corrected chi connectivity index (χ3v) is 4.22. The third kappa shape index (κ3) is 3.97. The number of nitrogens with one attached hydrogen (secondary N) is 3. The first-order chi connectivity index (χ1) is 10.3. The Balaban J connectivity index is 1.71. The lowest BCUT2D eigenvalue weighted by molar-refractivity contribution is -0.130. The molecule has 0 aromatic heterocycles. The Kier molecular flexibility index (Phi) is 5.05. The average molecular weight is 310 g/mol. The molecule has 2 atom stereocenters. The first kappa shape index (κ1) is 16.7. The van der Waals surface area contributed by atoms with Gasteiger partial charge in [-0.3, -0.25) is 14.5 Å². The van der Waals surface area contributed by atoms with Gasteiger partial charge in [-0.1, -0.05) is 0 Å². The van der Waals surface area contributed by atoms with Crippen molar-refractivity contribution in [2.24, 2.45) is 0 Å². The molecule has 124 valence electrons. The summed E-state index contributed by atoms with van der Waals surface area (Å²) < 4.78 is 0. The third-order valence-electron chi connectivity index (χ3n) is 4.22. The van der Waals surface area contributed by atoms with E-state index in [1.54, 1.807) is 13.8 Å². The normalized spacial score (nSPS) is 27.7. The van der Waals surface area contributed by atoms with Crippen LogP contribution in [0.4, 0.5) is 4.79 Å².